The largest absolute Gasteiger partial charge is 0.497 e. The molecule has 2 aromatic heterocycles. The van der Waals surface area contributed by atoms with Crippen molar-refractivity contribution in [1.82, 2.24) is 25.5 Å². The summed E-state index contributed by atoms with van der Waals surface area (Å²) in [5.74, 6) is 1.11. The molecule has 19 heteroatoms. The maximum absolute atomic E-state index is 13.2. The number of nitrogens with zero attached hydrogens (tertiary/aromatic N) is 1. The highest BCUT2D eigenvalue weighted by molar-refractivity contribution is 6.61. The first kappa shape index (κ1) is 60.9. The fourth-order valence-electron chi connectivity index (χ4n) is 9.42. The molecule has 4 heterocycles. The summed E-state index contributed by atoms with van der Waals surface area (Å²) in [6.45, 7) is 2.78. The number of H-pyrrole nitrogens is 2. The van der Waals surface area contributed by atoms with E-state index in [9.17, 15) is 19.2 Å². The molecular weight excluding hydrogens is 1140 g/mol. The summed E-state index contributed by atoms with van der Waals surface area (Å²) in [6.07, 6.45) is 1.59. The molecule has 14 nitrogen and oxygen atoms in total. The highest BCUT2D eigenvalue weighted by atomic mass is 35.5. The Hall–Kier alpha value is -7.69. The number of methoxy groups -OCH3 is 2. The number of nitrogens with one attached hydrogen (secondary N) is 4. The van der Waals surface area contributed by atoms with E-state index in [1.807, 2.05) is 91.0 Å². The fraction of sp³-hybridized carbons (Fsp3) is 0.194. The van der Waals surface area contributed by atoms with Crippen molar-refractivity contribution in [3.63, 3.8) is 0 Å². The Morgan fingerprint density at radius 1 is 0.617 bits per heavy atom. The first-order valence-electron chi connectivity index (χ1n) is 25.1. The number of carboxylic acid groups (broad SMARTS) is 1. The Balaban J connectivity index is 0.000000168. The van der Waals surface area contributed by atoms with Crippen molar-refractivity contribution in [2.24, 2.45) is 0 Å². The lowest BCUT2D eigenvalue weighted by Crippen LogP contribution is -2.42. The van der Waals surface area contributed by atoms with Gasteiger partial charge in [0.15, 0.2) is 0 Å². The van der Waals surface area contributed by atoms with E-state index in [1.54, 1.807) is 67.7 Å². The van der Waals surface area contributed by atoms with Crippen LogP contribution in [-0.4, -0.2) is 76.7 Å². The van der Waals surface area contributed by atoms with Crippen molar-refractivity contribution in [3.05, 3.63) is 223 Å². The molecule has 11 rings (SSSR count). The van der Waals surface area contributed by atoms with Crippen LogP contribution in [0.15, 0.2) is 164 Å². The second kappa shape index (κ2) is 28.6. The van der Waals surface area contributed by atoms with E-state index >= 15 is 0 Å². The van der Waals surface area contributed by atoms with Crippen molar-refractivity contribution < 1.29 is 43.2 Å². The minimum absolute atomic E-state index is 0. The van der Waals surface area contributed by atoms with Crippen LogP contribution in [0.25, 0.3) is 21.8 Å². The molecule has 0 spiro atoms. The number of halogens is 5. The van der Waals surface area contributed by atoms with Crippen molar-refractivity contribution in [2.75, 3.05) is 27.3 Å². The van der Waals surface area contributed by atoms with E-state index in [1.165, 1.54) is 34.7 Å². The topological polar surface area (TPSA) is 184 Å². The molecule has 2 aliphatic rings. The number of carbonyl (C=O) groups is 4. The van der Waals surface area contributed by atoms with E-state index < -0.39 is 23.5 Å². The van der Waals surface area contributed by atoms with Crippen LogP contribution < -0.4 is 29.6 Å². The Labute approximate surface area is 494 Å². The number of rotatable bonds is 10. The van der Waals surface area contributed by atoms with Crippen molar-refractivity contribution in [2.45, 2.75) is 51.7 Å². The standard InChI is InChI=1S/C25H20Cl2N2O3.C18H17ClN2O.C11H13NO3.C7H4Cl2O2.CH4/c1-31-18-7-2-15(3-8-18)24-23-20(21-14-17(27)6-11-22(21)28-23)12-13-29(24)25(30)32-19-9-4-16(26)5-10-19;1-22-13-5-2-11(3-6-13)17-18-14(8-9-20-17)15-10-12(19)4-7-16(15)21-18;1-8(13)12-10(11(14)15)7-9-5-3-2-4-6-9;8-5-1-3-6(4-2-5)11-7(9)10;/h2-11,14,24,28H,12-13H2,1H3;2-7,10,17,20-21H,8-9H2,1H3;2-6,10H,7H2,1H3,(H,12,13)(H,14,15);1-4H;1H4/t24-;17-;10-;;/m000../s1. The van der Waals surface area contributed by atoms with E-state index in [4.69, 9.17) is 77.3 Å². The van der Waals surface area contributed by atoms with Crippen LogP contribution in [0.5, 0.6) is 23.0 Å². The van der Waals surface area contributed by atoms with Gasteiger partial charge in [0.1, 0.15) is 35.1 Å². The van der Waals surface area contributed by atoms with Crippen LogP contribution in [0, 0.1) is 0 Å². The summed E-state index contributed by atoms with van der Waals surface area (Å²) in [5.41, 5.74) is 9.11. The van der Waals surface area contributed by atoms with E-state index in [2.05, 4.69) is 49.6 Å². The van der Waals surface area contributed by atoms with Gasteiger partial charge < -0.3 is 44.7 Å². The Kier molecular flexibility index (Phi) is 21.5. The number of hydrogen-bond acceptors (Lipinski definition) is 9. The molecule has 0 fully saturated rings. The number of aliphatic carboxylic acids is 1. The lowest BCUT2D eigenvalue weighted by atomic mass is 9.92. The van der Waals surface area contributed by atoms with Crippen LogP contribution in [-0.2, 0) is 28.9 Å². The first-order chi connectivity index (χ1) is 38.6. The average Bonchev–Trinajstić information content (AvgIpc) is 4.07. The van der Waals surface area contributed by atoms with Gasteiger partial charge in [0.05, 0.1) is 20.3 Å². The first-order valence-corrected chi connectivity index (χ1v) is 27.0. The molecule has 420 valence electrons. The summed E-state index contributed by atoms with van der Waals surface area (Å²) in [5, 5.41) is 19.8. The second-order valence-corrected chi connectivity index (χ2v) is 20.4. The predicted molar refractivity (Wildman–Crippen MR) is 321 cm³/mol. The molecule has 2 aliphatic heterocycles. The van der Waals surface area contributed by atoms with Gasteiger partial charge in [-0.2, -0.15) is 0 Å². The van der Waals surface area contributed by atoms with Crippen LogP contribution in [0.1, 0.15) is 65.6 Å². The molecule has 81 heavy (non-hydrogen) atoms. The average molecular weight is 1190 g/mol. The smallest absolute Gasteiger partial charge is 0.416 e. The second-order valence-electron chi connectivity index (χ2n) is 18.3. The Morgan fingerprint density at radius 2 is 1.10 bits per heavy atom. The zero-order chi connectivity index (χ0) is 56.9. The lowest BCUT2D eigenvalue weighted by Gasteiger charge is -2.35. The number of carboxylic acids is 1. The molecule has 0 radical (unpaired) electrons. The molecule has 5 N–H and O–H groups in total. The van der Waals surface area contributed by atoms with Gasteiger partial charge in [-0.25, -0.2) is 14.4 Å². The highest BCUT2D eigenvalue weighted by Crippen LogP contribution is 2.40. The number of benzene rings is 7. The molecule has 0 saturated carbocycles. The van der Waals surface area contributed by atoms with Crippen LogP contribution in [0.2, 0.25) is 20.1 Å². The third kappa shape index (κ3) is 16.0. The quantitative estimate of drug-likeness (QED) is 0.0826. The molecular formula is C62H58Cl5N5O9. The molecule has 9 aromatic rings. The summed E-state index contributed by atoms with van der Waals surface area (Å²) in [6, 6.07) is 49.1. The molecule has 0 aliphatic carbocycles. The van der Waals surface area contributed by atoms with Gasteiger partial charge in [0.2, 0.25) is 5.91 Å². The molecule has 7 aromatic carbocycles. The highest BCUT2D eigenvalue weighted by Gasteiger charge is 2.36. The van der Waals surface area contributed by atoms with Crippen molar-refractivity contribution >= 4 is 103 Å². The van der Waals surface area contributed by atoms with Crippen LogP contribution >= 0.6 is 58.0 Å². The predicted octanol–water partition coefficient (Wildman–Crippen LogP) is 15.2. The van der Waals surface area contributed by atoms with Gasteiger partial charge in [0.25, 0.3) is 0 Å². The summed E-state index contributed by atoms with van der Waals surface area (Å²) in [4.78, 5) is 53.9. The normalized spacial score (nSPS) is 14.3. The number of fused-ring (bicyclic) bond motifs is 6. The Bertz CT molecular complexity index is 3580. The van der Waals surface area contributed by atoms with Crippen LogP contribution in [0.4, 0.5) is 9.59 Å². The number of hydrogen-bond donors (Lipinski definition) is 5. The Morgan fingerprint density at radius 3 is 1.60 bits per heavy atom. The zero-order valence-electron chi connectivity index (χ0n) is 43.4. The maximum Gasteiger partial charge on any atom is 0.416 e. The van der Waals surface area contributed by atoms with Gasteiger partial charge >= 0.3 is 17.5 Å². The molecule has 0 saturated heterocycles. The van der Waals surface area contributed by atoms with Gasteiger partial charge in [-0.1, -0.05) is 108 Å². The molecule has 0 unspecified atom stereocenters. The summed E-state index contributed by atoms with van der Waals surface area (Å²) >= 11 is 28.9. The summed E-state index contributed by atoms with van der Waals surface area (Å²) in [7, 11) is 3.32. The number of aromatic nitrogens is 2. The SMILES string of the molecule is C.CC(=O)N[C@@H](Cc1ccccc1)C(=O)O.COc1ccc([C@@H]2NCCc3c2[nH]c2ccc(Cl)cc32)cc1.COc1ccc([C@H]2c3[nH]c4ccc(Cl)cc4c3CCN2C(=O)Oc2ccc(Cl)cc2)cc1.O=C(Cl)Oc1ccc(Cl)cc1. The van der Waals surface area contributed by atoms with Crippen molar-refractivity contribution in [3.8, 4) is 23.0 Å². The maximum atomic E-state index is 13.2. The number of carbonyl (C=O) groups excluding carboxylic acids is 3. The van der Waals surface area contributed by atoms with Gasteiger partial charge in [0, 0.05) is 91.3 Å². The third-order valence-electron chi connectivity index (χ3n) is 13.1. The third-order valence-corrected chi connectivity index (χ3v) is 14.2. The van der Waals surface area contributed by atoms with Crippen LogP contribution in [0.3, 0.4) is 0 Å². The van der Waals surface area contributed by atoms with Crippen molar-refractivity contribution in [1.29, 1.82) is 0 Å². The molecule has 3 atom stereocenters. The van der Waals surface area contributed by atoms with E-state index in [0.29, 0.717) is 46.0 Å². The van der Waals surface area contributed by atoms with Gasteiger partial charge in [-0.05, 0) is 150 Å². The molecule has 0 bridgehead atoms. The minimum atomic E-state index is -1.02. The molecule has 2 amide bonds. The van der Waals surface area contributed by atoms with E-state index in [0.717, 1.165) is 62.7 Å². The monoisotopic (exact) mass is 1190 g/mol. The van der Waals surface area contributed by atoms with E-state index in [-0.39, 0.29) is 25.4 Å². The number of aromatic amines is 2. The fourth-order valence-corrected chi connectivity index (χ4v) is 10.1. The number of ether oxygens (including phenoxy) is 4. The zero-order valence-corrected chi connectivity index (χ0v) is 47.2. The summed E-state index contributed by atoms with van der Waals surface area (Å²) < 4.78 is 20.8. The van der Waals surface area contributed by atoms with Gasteiger partial charge in [-0.3, -0.25) is 9.69 Å². The number of amides is 2. The minimum Gasteiger partial charge on any atom is -0.497 e. The van der Waals surface area contributed by atoms with Gasteiger partial charge in [-0.15, -0.1) is 0 Å². The lowest BCUT2D eigenvalue weighted by molar-refractivity contribution is -0.141.